The Morgan fingerprint density at radius 2 is 1.80 bits per heavy atom. The van der Waals surface area contributed by atoms with Crippen molar-refractivity contribution >= 4 is 46.8 Å². The number of esters is 1. The smallest absolute Gasteiger partial charge is 0.331 e. The molecule has 2 aromatic carbocycles. The summed E-state index contributed by atoms with van der Waals surface area (Å²) in [6.45, 7) is 1.41. The van der Waals surface area contributed by atoms with Crippen LogP contribution in [-0.4, -0.2) is 18.0 Å². The number of hydrogen-bond acceptors (Lipinski definition) is 3. The van der Waals surface area contributed by atoms with Crippen LogP contribution in [0.3, 0.4) is 0 Å². The summed E-state index contributed by atoms with van der Waals surface area (Å²) in [7, 11) is 0. The van der Waals surface area contributed by atoms with Crippen molar-refractivity contribution in [1.29, 1.82) is 0 Å². The third kappa shape index (κ3) is 5.31. The Morgan fingerprint density at radius 1 is 1.12 bits per heavy atom. The molecule has 1 N–H and O–H groups in total. The van der Waals surface area contributed by atoms with Gasteiger partial charge in [0.2, 0.25) is 0 Å². The normalized spacial score (nSPS) is 12.0. The fourth-order valence-corrected chi connectivity index (χ4v) is 2.29. The topological polar surface area (TPSA) is 55.4 Å². The maximum Gasteiger partial charge on any atom is 0.331 e. The van der Waals surface area contributed by atoms with Crippen LogP contribution in [0.2, 0.25) is 10.0 Å². The van der Waals surface area contributed by atoms with Gasteiger partial charge in [0.25, 0.3) is 5.91 Å². The highest BCUT2D eigenvalue weighted by Gasteiger charge is 2.17. The van der Waals surface area contributed by atoms with Gasteiger partial charge < -0.3 is 10.1 Å². The molecule has 0 aliphatic carbocycles. The van der Waals surface area contributed by atoms with Gasteiger partial charge in [0.1, 0.15) is 5.82 Å². The van der Waals surface area contributed by atoms with E-state index in [1.807, 2.05) is 0 Å². The fourth-order valence-electron chi connectivity index (χ4n) is 1.89. The van der Waals surface area contributed by atoms with Crippen molar-refractivity contribution in [3.8, 4) is 0 Å². The summed E-state index contributed by atoms with van der Waals surface area (Å²) in [5.41, 5.74) is 0.472. The van der Waals surface area contributed by atoms with Crippen molar-refractivity contribution in [3.63, 3.8) is 0 Å². The number of nitrogens with one attached hydrogen (secondary N) is 1. The van der Waals surface area contributed by atoms with E-state index in [-0.39, 0.29) is 10.6 Å². The molecule has 0 saturated carbocycles. The molecule has 130 valence electrons. The highest BCUT2D eigenvalue weighted by atomic mass is 35.5. The minimum atomic E-state index is -1.07. The van der Waals surface area contributed by atoms with Crippen LogP contribution in [-0.2, 0) is 14.3 Å². The highest BCUT2D eigenvalue weighted by molar-refractivity contribution is 6.33. The van der Waals surface area contributed by atoms with Crippen LogP contribution in [0.4, 0.5) is 10.1 Å². The number of benzene rings is 2. The summed E-state index contributed by atoms with van der Waals surface area (Å²) >= 11 is 11.8. The third-order valence-corrected chi connectivity index (χ3v) is 3.84. The number of amides is 1. The van der Waals surface area contributed by atoms with Crippen LogP contribution in [0.25, 0.3) is 6.08 Å². The number of ether oxygens (including phenoxy) is 1. The minimum Gasteiger partial charge on any atom is -0.449 e. The van der Waals surface area contributed by atoms with Crippen LogP contribution < -0.4 is 5.32 Å². The Balaban J connectivity index is 1.97. The summed E-state index contributed by atoms with van der Waals surface area (Å²) in [6.07, 6.45) is 1.13. The van der Waals surface area contributed by atoms with Crippen molar-refractivity contribution in [2.45, 2.75) is 13.0 Å². The maximum absolute atomic E-state index is 13.6. The van der Waals surface area contributed by atoms with Crippen molar-refractivity contribution in [3.05, 3.63) is 70.0 Å². The second-order valence-electron chi connectivity index (χ2n) is 5.02. The molecule has 0 bridgehead atoms. The molecule has 1 amide bonds. The van der Waals surface area contributed by atoms with Gasteiger partial charge in [-0.1, -0.05) is 41.4 Å². The minimum absolute atomic E-state index is 0.0642. The average Bonchev–Trinajstić information content (AvgIpc) is 2.56. The molecule has 1 atom stereocenters. The van der Waals surface area contributed by atoms with E-state index in [1.54, 1.807) is 24.3 Å². The van der Waals surface area contributed by atoms with E-state index >= 15 is 0 Å². The summed E-state index contributed by atoms with van der Waals surface area (Å²) < 4.78 is 18.6. The first-order valence-electron chi connectivity index (χ1n) is 7.26. The van der Waals surface area contributed by atoms with Gasteiger partial charge >= 0.3 is 5.97 Å². The van der Waals surface area contributed by atoms with Gasteiger partial charge in [-0.15, -0.1) is 0 Å². The molecule has 0 radical (unpaired) electrons. The Morgan fingerprint density at radius 3 is 2.48 bits per heavy atom. The molecule has 4 nitrogen and oxygen atoms in total. The lowest BCUT2D eigenvalue weighted by Crippen LogP contribution is -2.29. The molecule has 2 rings (SSSR count). The standard InChI is InChI=1S/C18H14Cl2FNO3/c1-11(18(24)22-16-8-3-2-5-14(16)20)25-17(23)10-9-12-13(19)6-4-7-15(12)21/h2-11H,1H3,(H,22,24). The number of carbonyl (C=O) groups excluding carboxylic acids is 2. The molecule has 25 heavy (non-hydrogen) atoms. The van der Waals surface area contributed by atoms with Crippen LogP contribution >= 0.6 is 23.2 Å². The zero-order chi connectivity index (χ0) is 18.4. The van der Waals surface area contributed by atoms with Crippen LogP contribution in [0.5, 0.6) is 0 Å². The second kappa shape index (κ2) is 8.65. The van der Waals surface area contributed by atoms with Gasteiger partial charge in [0, 0.05) is 11.6 Å². The van der Waals surface area contributed by atoms with Crippen molar-refractivity contribution in [2.75, 3.05) is 5.32 Å². The quantitative estimate of drug-likeness (QED) is 0.602. The molecular weight excluding hydrogens is 368 g/mol. The molecule has 0 aliphatic rings. The summed E-state index contributed by atoms with van der Waals surface area (Å²) in [6, 6.07) is 10.8. The van der Waals surface area contributed by atoms with Gasteiger partial charge in [-0.3, -0.25) is 4.79 Å². The van der Waals surface area contributed by atoms with E-state index < -0.39 is 23.8 Å². The molecule has 0 fully saturated rings. The molecule has 0 aliphatic heterocycles. The fraction of sp³-hybridized carbons (Fsp3) is 0.111. The Kier molecular flexibility index (Phi) is 6.56. The first kappa shape index (κ1) is 19.0. The van der Waals surface area contributed by atoms with Crippen LogP contribution in [0.15, 0.2) is 48.5 Å². The molecule has 0 saturated heterocycles. The zero-order valence-corrected chi connectivity index (χ0v) is 14.6. The highest BCUT2D eigenvalue weighted by Crippen LogP contribution is 2.21. The summed E-state index contributed by atoms with van der Waals surface area (Å²) in [5.74, 6) is -1.92. The van der Waals surface area contributed by atoms with Crippen LogP contribution in [0, 0.1) is 5.82 Å². The van der Waals surface area contributed by atoms with Crippen molar-refractivity contribution in [2.24, 2.45) is 0 Å². The molecule has 1 unspecified atom stereocenters. The molecule has 2 aromatic rings. The van der Waals surface area contributed by atoms with Gasteiger partial charge in [0.05, 0.1) is 15.7 Å². The lowest BCUT2D eigenvalue weighted by Gasteiger charge is -2.13. The molecule has 0 heterocycles. The Labute approximate surface area is 154 Å². The zero-order valence-electron chi connectivity index (χ0n) is 13.1. The third-order valence-electron chi connectivity index (χ3n) is 3.18. The number of anilines is 1. The van der Waals surface area contributed by atoms with Crippen LogP contribution in [0.1, 0.15) is 12.5 Å². The number of halogens is 3. The Hall–Kier alpha value is -2.37. The second-order valence-corrected chi connectivity index (χ2v) is 5.83. The van der Waals surface area contributed by atoms with Gasteiger partial charge in [0.15, 0.2) is 6.10 Å². The summed E-state index contributed by atoms with van der Waals surface area (Å²) in [5, 5.41) is 3.08. The molecule has 7 heteroatoms. The van der Waals surface area contributed by atoms with Crippen molar-refractivity contribution in [1.82, 2.24) is 0 Å². The molecular formula is C18H14Cl2FNO3. The number of hydrogen-bond donors (Lipinski definition) is 1. The number of rotatable bonds is 5. The van der Waals surface area contributed by atoms with E-state index in [0.29, 0.717) is 10.7 Å². The number of carbonyl (C=O) groups is 2. The average molecular weight is 382 g/mol. The number of para-hydroxylation sites is 1. The summed E-state index contributed by atoms with van der Waals surface area (Å²) in [4.78, 5) is 23.8. The van der Waals surface area contributed by atoms with E-state index in [2.05, 4.69) is 5.32 Å². The first-order chi connectivity index (χ1) is 11.9. The van der Waals surface area contributed by atoms with E-state index in [9.17, 15) is 14.0 Å². The van der Waals surface area contributed by atoms with Crippen molar-refractivity contribution < 1.29 is 18.7 Å². The van der Waals surface area contributed by atoms with E-state index in [0.717, 1.165) is 6.08 Å². The molecule has 0 aromatic heterocycles. The lowest BCUT2D eigenvalue weighted by molar-refractivity contribution is -0.148. The molecule has 0 spiro atoms. The van der Waals surface area contributed by atoms with Gasteiger partial charge in [-0.05, 0) is 37.3 Å². The lowest BCUT2D eigenvalue weighted by atomic mass is 10.2. The predicted octanol–water partition coefficient (Wildman–Crippen LogP) is 4.72. The Bertz CT molecular complexity index is 803. The van der Waals surface area contributed by atoms with E-state index in [1.165, 1.54) is 31.2 Å². The monoisotopic (exact) mass is 381 g/mol. The van der Waals surface area contributed by atoms with E-state index in [4.69, 9.17) is 27.9 Å². The maximum atomic E-state index is 13.6. The van der Waals surface area contributed by atoms with Gasteiger partial charge in [-0.2, -0.15) is 0 Å². The van der Waals surface area contributed by atoms with Gasteiger partial charge in [-0.25, -0.2) is 9.18 Å². The largest absolute Gasteiger partial charge is 0.449 e. The first-order valence-corrected chi connectivity index (χ1v) is 8.02. The predicted molar refractivity (Wildman–Crippen MR) is 96.1 cm³/mol. The SMILES string of the molecule is CC(OC(=O)C=Cc1c(F)cccc1Cl)C(=O)Nc1ccccc1Cl.